The average molecular weight is 376 g/mol. The summed E-state index contributed by atoms with van der Waals surface area (Å²) in [5.74, 6) is -4.36. The van der Waals surface area contributed by atoms with E-state index in [9.17, 15) is 18.4 Å². The first-order valence-corrected chi connectivity index (χ1v) is 8.18. The first-order chi connectivity index (χ1) is 12.3. The van der Waals surface area contributed by atoms with E-state index in [2.05, 4.69) is 22.9 Å². The summed E-state index contributed by atoms with van der Waals surface area (Å²) in [5.41, 5.74) is 0.882. The maximum atomic E-state index is 13.4. The number of thiol groups is 1. The molecule has 1 aliphatic heterocycles. The van der Waals surface area contributed by atoms with Crippen molar-refractivity contribution in [1.29, 1.82) is 5.26 Å². The Morgan fingerprint density at radius 3 is 2.92 bits per heavy atom. The van der Waals surface area contributed by atoms with Crippen LogP contribution in [-0.4, -0.2) is 46.8 Å². The Morgan fingerprint density at radius 2 is 2.19 bits per heavy atom. The van der Waals surface area contributed by atoms with Crippen LogP contribution in [0.5, 0.6) is 0 Å². The molecule has 2 heterocycles. The number of amides is 2. The quantitative estimate of drug-likeness (QED) is 0.803. The van der Waals surface area contributed by atoms with Gasteiger partial charge in [-0.3, -0.25) is 14.6 Å². The topological polar surface area (TPSA) is 86.1 Å². The van der Waals surface area contributed by atoms with Crippen molar-refractivity contribution in [2.24, 2.45) is 0 Å². The van der Waals surface area contributed by atoms with Crippen molar-refractivity contribution in [2.45, 2.75) is 23.3 Å². The Balaban J connectivity index is 1.73. The molecule has 2 amide bonds. The minimum absolute atomic E-state index is 0.294. The Morgan fingerprint density at radius 1 is 1.42 bits per heavy atom. The number of hydrogen-bond acceptors (Lipinski definition) is 5. The van der Waals surface area contributed by atoms with Crippen molar-refractivity contribution in [3.8, 4) is 6.07 Å². The normalized spacial score (nSPS) is 18.5. The fourth-order valence-electron chi connectivity index (χ4n) is 2.88. The molecule has 134 valence electrons. The number of fused-ring (bicyclic) bond motifs is 1. The molecule has 1 saturated heterocycles. The highest BCUT2D eigenvalue weighted by molar-refractivity contribution is 7.80. The molecule has 0 aliphatic carbocycles. The van der Waals surface area contributed by atoms with Crippen LogP contribution >= 0.6 is 12.6 Å². The Kier molecular flexibility index (Phi) is 4.78. The first-order valence-electron chi connectivity index (χ1n) is 7.73. The van der Waals surface area contributed by atoms with Crippen LogP contribution in [0.15, 0.2) is 35.4 Å². The van der Waals surface area contributed by atoms with Crippen LogP contribution in [0.2, 0.25) is 0 Å². The van der Waals surface area contributed by atoms with Crippen molar-refractivity contribution in [3.05, 3.63) is 36.0 Å². The number of pyridine rings is 1. The van der Waals surface area contributed by atoms with E-state index in [1.165, 1.54) is 12.3 Å². The van der Waals surface area contributed by atoms with Gasteiger partial charge in [0.25, 0.3) is 11.8 Å². The van der Waals surface area contributed by atoms with E-state index in [1.807, 2.05) is 0 Å². The molecule has 1 fully saturated rings. The lowest BCUT2D eigenvalue weighted by Gasteiger charge is -2.19. The molecule has 3 rings (SSSR count). The van der Waals surface area contributed by atoms with Gasteiger partial charge in [-0.2, -0.15) is 5.26 Å². The zero-order valence-electron chi connectivity index (χ0n) is 13.4. The lowest BCUT2D eigenvalue weighted by Crippen LogP contribution is -2.43. The third kappa shape index (κ3) is 3.60. The predicted octanol–water partition coefficient (Wildman–Crippen LogP) is 2.01. The molecule has 1 unspecified atom stereocenters. The summed E-state index contributed by atoms with van der Waals surface area (Å²) in [6, 6.07) is 7.12. The fourth-order valence-corrected chi connectivity index (χ4v) is 3.08. The van der Waals surface area contributed by atoms with Crippen LogP contribution in [-0.2, 0) is 4.79 Å². The highest BCUT2D eigenvalue weighted by Gasteiger charge is 2.47. The molecule has 26 heavy (non-hydrogen) atoms. The van der Waals surface area contributed by atoms with Crippen LogP contribution in [0.1, 0.15) is 16.8 Å². The van der Waals surface area contributed by atoms with Crippen LogP contribution < -0.4 is 5.32 Å². The molecule has 0 spiro atoms. The first kappa shape index (κ1) is 18.1. The lowest BCUT2D eigenvalue weighted by molar-refractivity contribution is -0.131. The van der Waals surface area contributed by atoms with Gasteiger partial charge in [0.2, 0.25) is 5.91 Å². The van der Waals surface area contributed by atoms with E-state index in [0.29, 0.717) is 21.4 Å². The number of carbonyl (C=O) groups excluding carboxylic acids is 2. The molecule has 1 N–H and O–H groups in total. The van der Waals surface area contributed by atoms with Crippen LogP contribution in [0.3, 0.4) is 0 Å². The average Bonchev–Trinajstić information content (AvgIpc) is 2.93. The van der Waals surface area contributed by atoms with Gasteiger partial charge in [0, 0.05) is 22.9 Å². The fraction of sp³-hybridized carbons (Fsp3) is 0.294. The number of nitriles is 1. The lowest BCUT2D eigenvalue weighted by atomic mass is 10.1. The monoisotopic (exact) mass is 376 g/mol. The van der Waals surface area contributed by atoms with Gasteiger partial charge in [-0.25, -0.2) is 8.78 Å². The number of halogens is 2. The zero-order valence-corrected chi connectivity index (χ0v) is 14.3. The molecule has 0 bridgehead atoms. The largest absolute Gasteiger partial charge is 0.343 e. The van der Waals surface area contributed by atoms with Gasteiger partial charge in [0.15, 0.2) is 0 Å². The van der Waals surface area contributed by atoms with E-state index in [0.717, 1.165) is 4.90 Å². The van der Waals surface area contributed by atoms with E-state index in [-0.39, 0.29) is 0 Å². The van der Waals surface area contributed by atoms with Gasteiger partial charge in [0.05, 0.1) is 30.2 Å². The molecule has 9 heteroatoms. The summed E-state index contributed by atoms with van der Waals surface area (Å²) in [6.07, 6.45) is 0.771. The summed E-state index contributed by atoms with van der Waals surface area (Å²) in [5, 5.41) is 11.9. The number of carbonyl (C=O) groups is 2. The number of likely N-dealkylation sites (tertiary alicyclic amines) is 1. The summed E-state index contributed by atoms with van der Waals surface area (Å²) in [6.45, 7) is -1.29. The van der Waals surface area contributed by atoms with Crippen LogP contribution in [0.25, 0.3) is 10.9 Å². The zero-order chi connectivity index (χ0) is 18.9. The number of aromatic nitrogens is 1. The minimum Gasteiger partial charge on any atom is -0.343 e. The van der Waals surface area contributed by atoms with Gasteiger partial charge in [0.1, 0.15) is 6.04 Å². The van der Waals surface area contributed by atoms with E-state index in [1.54, 1.807) is 24.3 Å². The number of benzene rings is 1. The number of nitrogens with one attached hydrogen (secondary N) is 1. The molecular weight excluding hydrogens is 362 g/mol. The molecule has 1 aromatic heterocycles. The summed E-state index contributed by atoms with van der Waals surface area (Å²) in [7, 11) is 0. The minimum atomic E-state index is -3.09. The number of hydrogen-bond donors (Lipinski definition) is 2. The molecular formula is C17H14F2N4O2S. The van der Waals surface area contributed by atoms with Crippen molar-refractivity contribution < 1.29 is 18.4 Å². The van der Waals surface area contributed by atoms with E-state index >= 15 is 0 Å². The molecule has 1 atom stereocenters. The van der Waals surface area contributed by atoms with Crippen molar-refractivity contribution >= 4 is 35.3 Å². The highest BCUT2D eigenvalue weighted by Crippen LogP contribution is 2.31. The Labute approximate surface area is 153 Å². The number of alkyl halides is 2. The second-order valence-corrected chi connectivity index (χ2v) is 6.49. The Hall–Kier alpha value is -2.73. The number of rotatable bonds is 3. The molecule has 0 radical (unpaired) electrons. The molecule has 1 aromatic carbocycles. The van der Waals surface area contributed by atoms with Gasteiger partial charge < -0.3 is 10.2 Å². The van der Waals surface area contributed by atoms with Crippen LogP contribution in [0, 0.1) is 11.3 Å². The summed E-state index contributed by atoms with van der Waals surface area (Å²) < 4.78 is 26.8. The summed E-state index contributed by atoms with van der Waals surface area (Å²) in [4.78, 5) is 30.2. The van der Waals surface area contributed by atoms with Crippen molar-refractivity contribution in [2.75, 3.05) is 13.1 Å². The summed E-state index contributed by atoms with van der Waals surface area (Å²) >= 11 is 4.23. The molecule has 6 nitrogen and oxygen atoms in total. The van der Waals surface area contributed by atoms with E-state index < -0.39 is 43.3 Å². The third-order valence-corrected chi connectivity index (χ3v) is 4.39. The molecule has 1 aliphatic rings. The second-order valence-electron chi connectivity index (χ2n) is 5.97. The number of nitrogens with zero attached hydrogens (tertiary/aromatic N) is 3. The van der Waals surface area contributed by atoms with Crippen molar-refractivity contribution in [3.63, 3.8) is 0 Å². The smallest absolute Gasteiger partial charge is 0.268 e. The van der Waals surface area contributed by atoms with Crippen LogP contribution in [0.4, 0.5) is 8.78 Å². The van der Waals surface area contributed by atoms with Gasteiger partial charge >= 0.3 is 0 Å². The molecule has 2 aromatic rings. The standard InChI is InChI=1S/C17H14F2N4O2S/c18-17(19)6-10(7-20)23(9-17)15(24)8-22-16(25)12-3-4-21-14-2-1-11(26)5-13(12)14/h1-5,10,26H,6,8-9H2,(H,22,25). The maximum Gasteiger partial charge on any atom is 0.268 e. The Bertz CT molecular complexity index is 929. The van der Waals surface area contributed by atoms with E-state index in [4.69, 9.17) is 5.26 Å². The third-order valence-electron chi connectivity index (χ3n) is 4.11. The molecule has 0 saturated carbocycles. The van der Waals surface area contributed by atoms with Gasteiger partial charge in [-0.1, -0.05) is 0 Å². The highest BCUT2D eigenvalue weighted by atomic mass is 32.1. The van der Waals surface area contributed by atoms with Gasteiger partial charge in [-0.05, 0) is 24.3 Å². The SMILES string of the molecule is N#CC1CC(F)(F)CN1C(=O)CNC(=O)c1ccnc2ccc(S)cc12. The van der Waals surface area contributed by atoms with Crippen molar-refractivity contribution in [1.82, 2.24) is 15.2 Å². The predicted molar refractivity (Wildman–Crippen MR) is 92.0 cm³/mol. The second kappa shape index (κ2) is 6.88. The maximum absolute atomic E-state index is 13.4. The van der Waals surface area contributed by atoms with Gasteiger partial charge in [-0.15, -0.1) is 12.6 Å².